The Kier molecular flexibility index (Phi) is 3.01. The van der Waals surface area contributed by atoms with Gasteiger partial charge in [0.05, 0.1) is 0 Å². The fourth-order valence-electron chi connectivity index (χ4n) is 2.29. The predicted molar refractivity (Wildman–Crippen MR) is 73.4 cm³/mol. The normalized spacial score (nSPS) is 14.7. The first-order valence-electron chi connectivity index (χ1n) is 6.59. The van der Waals surface area contributed by atoms with Gasteiger partial charge in [-0.25, -0.2) is 0 Å². The number of fused-ring (bicyclic) bond motifs is 1. The maximum atomic E-state index is 11.7. The molecular weight excluding hydrogens is 222 g/mol. The van der Waals surface area contributed by atoms with E-state index in [1.807, 2.05) is 6.07 Å². The van der Waals surface area contributed by atoms with Crippen molar-refractivity contribution in [3.8, 4) is 0 Å². The predicted octanol–water partition coefficient (Wildman–Crippen LogP) is 3.05. The molecule has 0 spiro atoms. The molecule has 0 bridgehead atoms. The van der Waals surface area contributed by atoms with Gasteiger partial charge in [-0.3, -0.25) is 4.79 Å². The SMILES string of the molecule is O=C(CCc1cccc2ccccc12)NC1CC1. The van der Waals surface area contributed by atoms with E-state index in [-0.39, 0.29) is 5.91 Å². The third-order valence-electron chi connectivity index (χ3n) is 3.44. The summed E-state index contributed by atoms with van der Waals surface area (Å²) in [5.74, 6) is 0.186. The molecule has 1 amide bonds. The van der Waals surface area contributed by atoms with Crippen molar-refractivity contribution in [3.05, 3.63) is 48.0 Å². The van der Waals surface area contributed by atoms with Gasteiger partial charge in [0.15, 0.2) is 0 Å². The van der Waals surface area contributed by atoms with Gasteiger partial charge >= 0.3 is 0 Å². The van der Waals surface area contributed by atoms with Gasteiger partial charge in [0.25, 0.3) is 0 Å². The molecule has 2 aromatic carbocycles. The largest absolute Gasteiger partial charge is 0.353 e. The summed E-state index contributed by atoms with van der Waals surface area (Å²) in [6.45, 7) is 0. The summed E-state index contributed by atoms with van der Waals surface area (Å²) in [6.07, 6.45) is 3.71. The molecule has 0 atom stereocenters. The minimum Gasteiger partial charge on any atom is -0.353 e. The Morgan fingerprint density at radius 3 is 2.72 bits per heavy atom. The van der Waals surface area contributed by atoms with Crippen LogP contribution in [0.4, 0.5) is 0 Å². The Bertz CT molecular complexity index is 567. The number of hydrogen-bond donors (Lipinski definition) is 1. The fraction of sp³-hybridized carbons (Fsp3) is 0.312. The minimum absolute atomic E-state index is 0.186. The standard InChI is InChI=1S/C16H17NO/c18-16(17-14-9-10-14)11-8-13-6-3-5-12-4-1-2-7-15(12)13/h1-7,14H,8-11H2,(H,17,18). The van der Waals surface area contributed by atoms with Gasteiger partial charge in [0, 0.05) is 12.5 Å². The molecule has 92 valence electrons. The number of hydrogen-bond acceptors (Lipinski definition) is 1. The van der Waals surface area contributed by atoms with Crippen LogP contribution in [-0.4, -0.2) is 11.9 Å². The van der Waals surface area contributed by atoms with Crippen molar-refractivity contribution in [1.29, 1.82) is 0 Å². The maximum Gasteiger partial charge on any atom is 0.220 e. The van der Waals surface area contributed by atoms with Crippen LogP contribution in [0, 0.1) is 0 Å². The maximum absolute atomic E-state index is 11.7. The molecule has 0 aromatic heterocycles. The lowest BCUT2D eigenvalue weighted by Gasteiger charge is -2.07. The zero-order valence-electron chi connectivity index (χ0n) is 10.4. The Labute approximate surface area is 107 Å². The first-order chi connectivity index (χ1) is 8.83. The van der Waals surface area contributed by atoms with E-state index >= 15 is 0 Å². The number of carbonyl (C=O) groups excluding carboxylic acids is 1. The molecule has 1 fully saturated rings. The van der Waals surface area contributed by atoms with Crippen LogP contribution in [0.15, 0.2) is 42.5 Å². The Morgan fingerprint density at radius 2 is 1.89 bits per heavy atom. The second kappa shape index (κ2) is 4.81. The highest BCUT2D eigenvalue weighted by Gasteiger charge is 2.22. The van der Waals surface area contributed by atoms with Gasteiger partial charge in [0.1, 0.15) is 0 Å². The molecule has 3 rings (SSSR count). The molecule has 0 radical (unpaired) electrons. The zero-order valence-corrected chi connectivity index (χ0v) is 10.4. The van der Waals surface area contributed by atoms with Crippen molar-refractivity contribution >= 4 is 16.7 Å². The molecule has 18 heavy (non-hydrogen) atoms. The zero-order chi connectivity index (χ0) is 12.4. The number of nitrogens with one attached hydrogen (secondary N) is 1. The van der Waals surface area contributed by atoms with Crippen molar-refractivity contribution < 1.29 is 4.79 Å². The van der Waals surface area contributed by atoms with Crippen molar-refractivity contribution in [1.82, 2.24) is 5.32 Å². The molecule has 2 heteroatoms. The molecule has 1 aliphatic rings. The number of benzene rings is 2. The van der Waals surface area contributed by atoms with E-state index in [1.54, 1.807) is 0 Å². The molecular formula is C16H17NO. The van der Waals surface area contributed by atoms with Gasteiger partial charge in [0.2, 0.25) is 5.91 Å². The Morgan fingerprint density at radius 1 is 1.11 bits per heavy atom. The number of rotatable bonds is 4. The first kappa shape index (κ1) is 11.3. The first-order valence-corrected chi connectivity index (χ1v) is 6.59. The molecule has 1 N–H and O–H groups in total. The van der Waals surface area contributed by atoms with Crippen molar-refractivity contribution in [2.75, 3.05) is 0 Å². The van der Waals surface area contributed by atoms with Gasteiger partial charge in [-0.15, -0.1) is 0 Å². The Hall–Kier alpha value is -1.83. The van der Waals surface area contributed by atoms with Gasteiger partial charge in [-0.2, -0.15) is 0 Å². The van der Waals surface area contributed by atoms with Gasteiger partial charge in [-0.1, -0.05) is 42.5 Å². The lowest BCUT2D eigenvalue weighted by Crippen LogP contribution is -2.25. The van der Waals surface area contributed by atoms with Crippen LogP contribution in [0.2, 0.25) is 0 Å². The average molecular weight is 239 g/mol. The number of amides is 1. The quantitative estimate of drug-likeness (QED) is 0.873. The minimum atomic E-state index is 0.186. The summed E-state index contributed by atoms with van der Waals surface area (Å²) < 4.78 is 0. The molecule has 0 aliphatic heterocycles. The second-order valence-electron chi connectivity index (χ2n) is 4.98. The van der Waals surface area contributed by atoms with Gasteiger partial charge in [-0.05, 0) is 35.6 Å². The highest BCUT2D eigenvalue weighted by Crippen LogP contribution is 2.21. The summed E-state index contributed by atoms with van der Waals surface area (Å²) in [5, 5.41) is 5.54. The number of carbonyl (C=O) groups is 1. The van der Waals surface area contributed by atoms with Crippen LogP contribution in [-0.2, 0) is 11.2 Å². The highest BCUT2D eigenvalue weighted by molar-refractivity contribution is 5.86. The van der Waals surface area contributed by atoms with E-state index in [4.69, 9.17) is 0 Å². The molecule has 0 unspecified atom stereocenters. The smallest absolute Gasteiger partial charge is 0.220 e. The third-order valence-corrected chi connectivity index (χ3v) is 3.44. The topological polar surface area (TPSA) is 29.1 Å². The molecule has 0 heterocycles. The van der Waals surface area contributed by atoms with Crippen LogP contribution in [0.25, 0.3) is 10.8 Å². The highest BCUT2D eigenvalue weighted by atomic mass is 16.1. The van der Waals surface area contributed by atoms with Crippen molar-refractivity contribution in [2.45, 2.75) is 31.7 Å². The molecule has 1 aliphatic carbocycles. The average Bonchev–Trinajstić information content (AvgIpc) is 3.20. The second-order valence-corrected chi connectivity index (χ2v) is 4.98. The fourth-order valence-corrected chi connectivity index (χ4v) is 2.29. The summed E-state index contributed by atoms with van der Waals surface area (Å²) in [6, 6.07) is 15.1. The van der Waals surface area contributed by atoms with Crippen LogP contribution < -0.4 is 5.32 Å². The van der Waals surface area contributed by atoms with E-state index < -0.39 is 0 Å². The molecule has 2 nitrogen and oxygen atoms in total. The van der Waals surface area contributed by atoms with E-state index in [9.17, 15) is 4.79 Å². The molecule has 1 saturated carbocycles. The lowest BCUT2D eigenvalue weighted by molar-refractivity contribution is -0.121. The van der Waals surface area contributed by atoms with Crippen LogP contribution in [0.5, 0.6) is 0 Å². The van der Waals surface area contributed by atoms with E-state index in [2.05, 4.69) is 41.7 Å². The van der Waals surface area contributed by atoms with Crippen LogP contribution in [0.3, 0.4) is 0 Å². The monoisotopic (exact) mass is 239 g/mol. The lowest BCUT2D eigenvalue weighted by atomic mass is 10.0. The third kappa shape index (κ3) is 2.53. The summed E-state index contributed by atoms with van der Waals surface area (Å²) in [5.41, 5.74) is 1.26. The molecule has 2 aromatic rings. The van der Waals surface area contributed by atoms with Crippen molar-refractivity contribution in [2.24, 2.45) is 0 Å². The summed E-state index contributed by atoms with van der Waals surface area (Å²) >= 11 is 0. The van der Waals surface area contributed by atoms with Crippen molar-refractivity contribution in [3.63, 3.8) is 0 Å². The summed E-state index contributed by atoms with van der Waals surface area (Å²) in [4.78, 5) is 11.7. The van der Waals surface area contributed by atoms with Gasteiger partial charge < -0.3 is 5.32 Å². The summed E-state index contributed by atoms with van der Waals surface area (Å²) in [7, 11) is 0. The molecule has 0 saturated heterocycles. The Balaban J connectivity index is 1.71. The number of aryl methyl sites for hydroxylation is 1. The van der Waals surface area contributed by atoms with E-state index in [0.29, 0.717) is 12.5 Å². The van der Waals surface area contributed by atoms with E-state index in [1.165, 1.54) is 16.3 Å². The van der Waals surface area contributed by atoms with E-state index in [0.717, 1.165) is 19.3 Å². The van der Waals surface area contributed by atoms with Crippen LogP contribution in [0.1, 0.15) is 24.8 Å². The van der Waals surface area contributed by atoms with Crippen LogP contribution >= 0.6 is 0 Å².